The van der Waals surface area contributed by atoms with Crippen LogP contribution in [0.2, 0.25) is 5.02 Å². The average Bonchev–Trinajstić information content (AvgIpc) is 3.54. The van der Waals surface area contributed by atoms with Gasteiger partial charge in [-0.3, -0.25) is 14.5 Å². The molecule has 9 heteroatoms. The second-order valence-corrected chi connectivity index (χ2v) is 8.49. The third-order valence-corrected chi connectivity index (χ3v) is 5.50. The van der Waals surface area contributed by atoms with Crippen molar-refractivity contribution in [3.63, 3.8) is 0 Å². The molecule has 1 fully saturated rings. The maximum absolute atomic E-state index is 13.2. The van der Waals surface area contributed by atoms with Crippen LogP contribution in [0.3, 0.4) is 0 Å². The fraction of sp³-hybridized carbons (Fsp3) is 0.391. The van der Waals surface area contributed by atoms with Crippen LogP contribution in [0.4, 0.5) is 24.5 Å². The first kappa shape index (κ1) is 24.1. The molecule has 0 aromatic heterocycles. The highest BCUT2D eigenvalue weighted by molar-refractivity contribution is 6.30. The van der Waals surface area contributed by atoms with Crippen LogP contribution in [0.5, 0.6) is 0 Å². The van der Waals surface area contributed by atoms with Gasteiger partial charge in [0.15, 0.2) is 0 Å². The molecule has 0 bridgehead atoms. The van der Waals surface area contributed by atoms with Crippen LogP contribution in [-0.2, 0) is 15.8 Å². The van der Waals surface area contributed by atoms with Crippen LogP contribution in [0.25, 0.3) is 0 Å². The van der Waals surface area contributed by atoms with Crippen molar-refractivity contribution in [1.82, 2.24) is 4.90 Å². The van der Waals surface area contributed by atoms with Gasteiger partial charge in [0, 0.05) is 29.7 Å². The molecule has 2 aromatic rings. The highest BCUT2D eigenvalue weighted by Gasteiger charge is 2.34. The van der Waals surface area contributed by atoms with E-state index in [1.165, 1.54) is 6.07 Å². The number of carbonyl (C=O) groups excluding carboxylic acids is 2. The molecule has 0 saturated heterocycles. The molecule has 3 rings (SSSR count). The Bertz CT molecular complexity index is 1010. The first-order valence-electron chi connectivity index (χ1n) is 10.3. The van der Waals surface area contributed by atoms with E-state index in [0.717, 1.165) is 41.8 Å². The molecule has 1 aliphatic rings. The Hall–Kier alpha value is -2.58. The number of amides is 2. The summed E-state index contributed by atoms with van der Waals surface area (Å²) in [4.78, 5) is 26.8. The quantitative estimate of drug-likeness (QED) is 0.546. The molecular weight excluding hydrogens is 443 g/mol. The zero-order valence-corrected chi connectivity index (χ0v) is 18.6. The molecule has 0 unspecified atom stereocenters. The molecule has 5 nitrogen and oxygen atoms in total. The summed E-state index contributed by atoms with van der Waals surface area (Å²) < 4.78 is 39.7. The number of hydrogen-bond acceptors (Lipinski definition) is 3. The van der Waals surface area contributed by atoms with Gasteiger partial charge >= 0.3 is 6.18 Å². The van der Waals surface area contributed by atoms with E-state index >= 15 is 0 Å². The van der Waals surface area contributed by atoms with E-state index in [9.17, 15) is 22.8 Å². The van der Waals surface area contributed by atoms with Crippen molar-refractivity contribution in [2.45, 2.75) is 45.3 Å². The Morgan fingerprint density at radius 2 is 1.72 bits per heavy atom. The maximum Gasteiger partial charge on any atom is 0.418 e. The minimum atomic E-state index is -4.64. The molecule has 1 aliphatic carbocycles. The average molecular weight is 468 g/mol. The Morgan fingerprint density at radius 1 is 1.03 bits per heavy atom. The second kappa shape index (κ2) is 9.92. The lowest BCUT2D eigenvalue weighted by Crippen LogP contribution is -2.37. The lowest BCUT2D eigenvalue weighted by atomic mass is 10.1. The SMILES string of the molecule is Cc1ccc(C)c(NC(=O)CN(CCC(=O)Nc2ccc(Cl)cc2C(F)(F)F)C2CC2)c1. The standard InChI is InChI=1S/C23H25ClF3N3O2/c1-14-3-4-15(2)20(11-14)29-22(32)13-30(17-6-7-17)10-9-21(31)28-19-8-5-16(24)12-18(19)23(25,26)27/h3-5,8,11-12,17H,6-7,9-10,13H2,1-2H3,(H,28,31)(H,29,32). The number of halogens is 4. The topological polar surface area (TPSA) is 61.4 Å². The number of hydrogen-bond donors (Lipinski definition) is 2. The largest absolute Gasteiger partial charge is 0.418 e. The van der Waals surface area contributed by atoms with Gasteiger partial charge in [0.2, 0.25) is 11.8 Å². The fourth-order valence-electron chi connectivity index (χ4n) is 3.39. The van der Waals surface area contributed by atoms with Crippen LogP contribution in [0.15, 0.2) is 36.4 Å². The van der Waals surface area contributed by atoms with E-state index in [-0.39, 0.29) is 42.2 Å². The first-order valence-corrected chi connectivity index (χ1v) is 10.7. The van der Waals surface area contributed by atoms with Crippen LogP contribution < -0.4 is 10.6 Å². The van der Waals surface area contributed by atoms with Gasteiger partial charge < -0.3 is 10.6 Å². The van der Waals surface area contributed by atoms with Gasteiger partial charge in [-0.2, -0.15) is 13.2 Å². The lowest BCUT2D eigenvalue weighted by Gasteiger charge is -2.22. The van der Waals surface area contributed by atoms with E-state index in [1.807, 2.05) is 36.9 Å². The molecule has 0 heterocycles. The number of alkyl halides is 3. The van der Waals surface area contributed by atoms with Crippen molar-refractivity contribution in [3.8, 4) is 0 Å². The number of rotatable bonds is 8. The summed E-state index contributed by atoms with van der Waals surface area (Å²) in [5.41, 5.74) is 1.39. The zero-order valence-electron chi connectivity index (χ0n) is 17.9. The van der Waals surface area contributed by atoms with Crippen molar-refractivity contribution in [1.29, 1.82) is 0 Å². The van der Waals surface area contributed by atoms with Gasteiger partial charge in [0.05, 0.1) is 17.8 Å². The Morgan fingerprint density at radius 3 is 2.38 bits per heavy atom. The molecular formula is C23H25ClF3N3O2. The smallest absolute Gasteiger partial charge is 0.325 e. The van der Waals surface area contributed by atoms with E-state index in [4.69, 9.17) is 11.6 Å². The predicted molar refractivity (Wildman–Crippen MR) is 119 cm³/mol. The maximum atomic E-state index is 13.2. The predicted octanol–water partition coefficient (Wildman–Crippen LogP) is 5.41. The fourth-order valence-corrected chi connectivity index (χ4v) is 3.57. The van der Waals surface area contributed by atoms with Crippen LogP contribution in [0, 0.1) is 13.8 Å². The van der Waals surface area contributed by atoms with Crippen LogP contribution in [-0.4, -0.2) is 35.8 Å². The molecule has 2 N–H and O–H groups in total. The molecule has 0 aliphatic heterocycles. The monoisotopic (exact) mass is 467 g/mol. The summed E-state index contributed by atoms with van der Waals surface area (Å²) in [6.45, 7) is 4.23. The molecule has 172 valence electrons. The lowest BCUT2D eigenvalue weighted by molar-refractivity contribution is -0.137. The molecule has 0 spiro atoms. The molecule has 2 amide bonds. The van der Waals surface area contributed by atoms with Gasteiger partial charge in [-0.1, -0.05) is 23.7 Å². The minimum Gasteiger partial charge on any atom is -0.325 e. The zero-order chi connectivity index (χ0) is 23.5. The second-order valence-electron chi connectivity index (χ2n) is 8.05. The first-order chi connectivity index (χ1) is 15.0. The van der Waals surface area contributed by atoms with E-state index in [0.29, 0.717) is 0 Å². The number of anilines is 2. The molecule has 1 saturated carbocycles. The molecule has 32 heavy (non-hydrogen) atoms. The van der Waals surface area contributed by atoms with Crippen molar-refractivity contribution in [2.75, 3.05) is 23.7 Å². The molecule has 0 radical (unpaired) electrons. The minimum absolute atomic E-state index is 0.0345. The van der Waals surface area contributed by atoms with Crippen molar-refractivity contribution >= 4 is 34.8 Å². The number of carbonyl (C=O) groups is 2. The van der Waals surface area contributed by atoms with Gasteiger partial charge in [0.1, 0.15) is 0 Å². The highest BCUT2D eigenvalue weighted by Crippen LogP contribution is 2.36. The number of nitrogens with zero attached hydrogens (tertiary/aromatic N) is 1. The van der Waals surface area contributed by atoms with Crippen molar-refractivity contribution < 1.29 is 22.8 Å². The van der Waals surface area contributed by atoms with E-state index in [1.54, 1.807) is 0 Å². The summed E-state index contributed by atoms with van der Waals surface area (Å²) in [6.07, 6.45) is -2.83. The highest BCUT2D eigenvalue weighted by atomic mass is 35.5. The molecule has 0 atom stereocenters. The van der Waals surface area contributed by atoms with Crippen molar-refractivity contribution in [2.24, 2.45) is 0 Å². The van der Waals surface area contributed by atoms with E-state index in [2.05, 4.69) is 10.6 Å². The van der Waals surface area contributed by atoms with Gasteiger partial charge in [-0.25, -0.2) is 0 Å². The third kappa shape index (κ3) is 6.71. The summed E-state index contributed by atoms with van der Waals surface area (Å²) >= 11 is 5.67. The van der Waals surface area contributed by atoms with Crippen LogP contribution in [0.1, 0.15) is 36.0 Å². The Kier molecular flexibility index (Phi) is 7.46. The summed E-state index contributed by atoms with van der Waals surface area (Å²) in [5, 5.41) is 5.16. The number of aryl methyl sites for hydroxylation is 2. The normalized spacial score (nSPS) is 13.8. The Balaban J connectivity index is 1.58. The number of benzene rings is 2. The van der Waals surface area contributed by atoms with Crippen molar-refractivity contribution in [3.05, 3.63) is 58.1 Å². The van der Waals surface area contributed by atoms with Crippen LogP contribution >= 0.6 is 11.6 Å². The molecule has 2 aromatic carbocycles. The van der Waals surface area contributed by atoms with Gasteiger partial charge in [0.25, 0.3) is 0 Å². The van der Waals surface area contributed by atoms with E-state index < -0.39 is 17.6 Å². The summed E-state index contributed by atoms with van der Waals surface area (Å²) in [7, 11) is 0. The van der Waals surface area contributed by atoms with Gasteiger partial charge in [-0.05, 0) is 62.1 Å². The summed E-state index contributed by atoms with van der Waals surface area (Å²) in [6, 6.07) is 9.20. The number of nitrogens with one attached hydrogen (secondary N) is 2. The third-order valence-electron chi connectivity index (χ3n) is 5.26. The Labute approximate surface area is 189 Å². The van der Waals surface area contributed by atoms with Gasteiger partial charge in [-0.15, -0.1) is 0 Å². The summed E-state index contributed by atoms with van der Waals surface area (Å²) in [5.74, 6) is -0.749.